The van der Waals surface area contributed by atoms with Crippen molar-refractivity contribution in [2.24, 2.45) is 5.92 Å². The van der Waals surface area contributed by atoms with Crippen LogP contribution < -0.4 is 5.32 Å². The fourth-order valence-electron chi connectivity index (χ4n) is 3.63. The van der Waals surface area contributed by atoms with Crippen molar-refractivity contribution >= 4 is 40.5 Å². The minimum absolute atomic E-state index is 0.122. The molecule has 4 rings (SSSR count). The van der Waals surface area contributed by atoms with E-state index >= 15 is 0 Å². The lowest BCUT2D eigenvalue weighted by atomic mass is 9.83. The average molecular weight is 412 g/mol. The zero-order valence-electron chi connectivity index (χ0n) is 14.9. The number of carboxylic acid groups (broad SMARTS) is 1. The van der Waals surface area contributed by atoms with Crippen LogP contribution >= 0.6 is 22.9 Å². The largest absolute Gasteiger partial charge is 0.478 e. The van der Waals surface area contributed by atoms with Crippen molar-refractivity contribution in [1.29, 1.82) is 0 Å². The highest BCUT2D eigenvalue weighted by Crippen LogP contribution is 2.37. The Morgan fingerprint density at radius 1 is 1.07 bits per heavy atom. The van der Waals surface area contributed by atoms with Crippen molar-refractivity contribution in [3.63, 3.8) is 0 Å². The number of thiophene rings is 1. The molecule has 28 heavy (non-hydrogen) atoms. The van der Waals surface area contributed by atoms with Crippen LogP contribution in [0.15, 0.2) is 53.9 Å². The Labute approximate surface area is 171 Å². The van der Waals surface area contributed by atoms with E-state index in [9.17, 15) is 14.7 Å². The molecule has 0 aliphatic heterocycles. The van der Waals surface area contributed by atoms with Gasteiger partial charge in [-0.25, -0.2) is 4.79 Å². The number of carbonyl (C=O) groups is 2. The Bertz CT molecular complexity index is 1040. The average Bonchev–Trinajstić information content (AvgIpc) is 3.12. The summed E-state index contributed by atoms with van der Waals surface area (Å²) in [6, 6.07) is 15.2. The number of rotatable bonds is 4. The summed E-state index contributed by atoms with van der Waals surface area (Å²) in [4.78, 5) is 25.3. The quantitative estimate of drug-likeness (QED) is 0.594. The van der Waals surface area contributed by atoms with Crippen molar-refractivity contribution in [2.75, 3.05) is 5.32 Å². The summed E-state index contributed by atoms with van der Waals surface area (Å²) in [6.45, 7) is 0. The van der Waals surface area contributed by atoms with Crippen LogP contribution in [0.3, 0.4) is 0 Å². The predicted octanol–water partition coefficient (Wildman–Crippen LogP) is 5.51. The van der Waals surface area contributed by atoms with Gasteiger partial charge in [-0.3, -0.25) is 4.79 Å². The molecule has 1 aliphatic rings. The van der Waals surface area contributed by atoms with E-state index in [1.807, 2.05) is 12.1 Å². The van der Waals surface area contributed by atoms with E-state index in [1.54, 1.807) is 29.6 Å². The number of aromatic carboxylic acids is 1. The summed E-state index contributed by atoms with van der Waals surface area (Å²) < 4.78 is 0. The molecule has 0 spiro atoms. The van der Waals surface area contributed by atoms with Crippen LogP contribution in [0.4, 0.5) is 5.69 Å². The highest BCUT2D eigenvalue weighted by molar-refractivity contribution is 7.14. The van der Waals surface area contributed by atoms with Crippen molar-refractivity contribution in [3.05, 3.63) is 75.6 Å². The fourth-order valence-corrected chi connectivity index (χ4v) is 4.76. The summed E-state index contributed by atoms with van der Waals surface area (Å²) >= 11 is 7.23. The highest BCUT2D eigenvalue weighted by Gasteiger charge is 2.27. The van der Waals surface area contributed by atoms with E-state index in [-0.39, 0.29) is 17.4 Å². The number of halogens is 1. The van der Waals surface area contributed by atoms with Gasteiger partial charge in [-0.05, 0) is 48.1 Å². The van der Waals surface area contributed by atoms with Gasteiger partial charge in [0, 0.05) is 16.3 Å². The number of nitrogens with one attached hydrogen (secondary N) is 1. The molecule has 1 aliphatic carbocycles. The van der Waals surface area contributed by atoms with Crippen molar-refractivity contribution in [3.8, 4) is 10.4 Å². The molecule has 1 heterocycles. The Hall–Kier alpha value is -2.63. The molecule has 0 saturated heterocycles. The van der Waals surface area contributed by atoms with Crippen LogP contribution in [0.2, 0.25) is 5.02 Å². The van der Waals surface area contributed by atoms with Crippen molar-refractivity contribution in [1.82, 2.24) is 0 Å². The number of fused-ring (bicyclic) bond motifs is 1. The Balaban J connectivity index is 1.57. The van der Waals surface area contributed by atoms with Crippen LogP contribution in [-0.2, 0) is 17.6 Å². The normalized spacial score (nSPS) is 15.7. The molecular weight excluding hydrogens is 394 g/mol. The second-order valence-electron chi connectivity index (χ2n) is 6.86. The first-order chi connectivity index (χ1) is 13.5. The van der Waals surface area contributed by atoms with E-state index in [0.717, 1.165) is 18.4 Å². The van der Waals surface area contributed by atoms with Gasteiger partial charge in [0.25, 0.3) is 0 Å². The zero-order valence-corrected chi connectivity index (χ0v) is 16.5. The monoisotopic (exact) mass is 411 g/mol. The van der Waals surface area contributed by atoms with Gasteiger partial charge < -0.3 is 10.4 Å². The molecule has 0 fully saturated rings. The molecule has 0 saturated carbocycles. The summed E-state index contributed by atoms with van der Waals surface area (Å²) in [6.07, 6.45) is 2.30. The van der Waals surface area contributed by atoms with Crippen LogP contribution in [0, 0.1) is 5.92 Å². The molecule has 2 N–H and O–H groups in total. The third-order valence-corrected chi connectivity index (χ3v) is 6.37. The number of carboxylic acids is 1. The smallest absolute Gasteiger partial charge is 0.339 e. The third kappa shape index (κ3) is 3.68. The molecule has 142 valence electrons. The minimum Gasteiger partial charge on any atom is -0.478 e. The topological polar surface area (TPSA) is 66.4 Å². The molecular formula is C22H18ClNO3S. The predicted molar refractivity (Wildman–Crippen MR) is 112 cm³/mol. The lowest BCUT2D eigenvalue weighted by Crippen LogP contribution is -2.28. The minimum atomic E-state index is -1.06. The van der Waals surface area contributed by atoms with Gasteiger partial charge in [0.15, 0.2) is 0 Å². The molecule has 2 aromatic carbocycles. The maximum Gasteiger partial charge on any atom is 0.339 e. The summed E-state index contributed by atoms with van der Waals surface area (Å²) in [5, 5.41) is 14.9. The van der Waals surface area contributed by atoms with E-state index in [1.165, 1.54) is 22.5 Å². The molecule has 6 heteroatoms. The van der Waals surface area contributed by atoms with Crippen LogP contribution in [0.5, 0.6) is 0 Å². The summed E-state index contributed by atoms with van der Waals surface area (Å²) in [7, 11) is 0. The Morgan fingerprint density at radius 2 is 1.79 bits per heavy atom. The van der Waals surface area contributed by atoms with Gasteiger partial charge in [0.1, 0.15) is 5.56 Å². The first-order valence-corrected chi connectivity index (χ1v) is 10.3. The molecule has 0 unspecified atom stereocenters. The van der Waals surface area contributed by atoms with Crippen LogP contribution in [0.1, 0.15) is 27.9 Å². The number of anilines is 1. The molecule has 1 atom stereocenters. The number of hydrogen-bond donors (Lipinski definition) is 2. The Morgan fingerprint density at radius 3 is 2.50 bits per heavy atom. The fraction of sp³-hybridized carbons (Fsp3) is 0.182. The first-order valence-electron chi connectivity index (χ1n) is 9.01. The number of benzene rings is 2. The van der Waals surface area contributed by atoms with Gasteiger partial charge >= 0.3 is 5.97 Å². The lowest BCUT2D eigenvalue weighted by molar-refractivity contribution is -0.120. The standard InChI is InChI=1S/C22H18ClNO3S/c23-17-9-7-14(8-10-17)20-19(22(26)27)18(12-28-20)24-21(25)16-6-5-13-3-1-2-4-15(13)11-16/h1-4,7-10,12,16H,5-6,11H2,(H,24,25)(H,26,27)/t16-/m0/s1. The molecule has 1 amide bonds. The highest BCUT2D eigenvalue weighted by atomic mass is 35.5. The molecule has 0 bridgehead atoms. The number of hydrogen-bond acceptors (Lipinski definition) is 3. The van der Waals surface area contributed by atoms with Gasteiger partial charge in [0.2, 0.25) is 5.91 Å². The van der Waals surface area contributed by atoms with E-state index < -0.39 is 5.97 Å². The van der Waals surface area contributed by atoms with Gasteiger partial charge in [-0.2, -0.15) is 0 Å². The molecule has 0 radical (unpaired) electrons. The van der Waals surface area contributed by atoms with E-state index in [2.05, 4.69) is 17.4 Å². The zero-order chi connectivity index (χ0) is 19.7. The molecule has 3 aromatic rings. The first kappa shape index (κ1) is 18.7. The summed E-state index contributed by atoms with van der Waals surface area (Å²) in [5.41, 5.74) is 3.72. The van der Waals surface area contributed by atoms with Gasteiger partial charge in [-0.1, -0.05) is 48.0 Å². The van der Waals surface area contributed by atoms with Gasteiger partial charge in [-0.15, -0.1) is 11.3 Å². The number of amides is 1. The van der Waals surface area contributed by atoms with Crippen molar-refractivity contribution in [2.45, 2.75) is 19.3 Å². The second-order valence-corrected chi connectivity index (χ2v) is 8.18. The lowest BCUT2D eigenvalue weighted by Gasteiger charge is -2.23. The van der Waals surface area contributed by atoms with E-state index in [0.29, 0.717) is 22.0 Å². The second kappa shape index (κ2) is 7.78. The molecule has 1 aromatic heterocycles. The maximum absolute atomic E-state index is 12.8. The maximum atomic E-state index is 12.8. The van der Waals surface area contributed by atoms with Crippen LogP contribution in [0.25, 0.3) is 10.4 Å². The molecule has 4 nitrogen and oxygen atoms in total. The van der Waals surface area contributed by atoms with E-state index in [4.69, 9.17) is 11.6 Å². The number of aryl methyl sites for hydroxylation is 1. The Kier molecular flexibility index (Phi) is 5.20. The number of carbonyl (C=O) groups excluding carboxylic acids is 1. The third-order valence-electron chi connectivity index (χ3n) is 5.09. The van der Waals surface area contributed by atoms with Gasteiger partial charge in [0.05, 0.1) is 10.6 Å². The SMILES string of the molecule is O=C(O)c1c(NC(=O)[C@H]2CCc3ccccc3C2)csc1-c1ccc(Cl)cc1. The van der Waals surface area contributed by atoms with Crippen LogP contribution in [-0.4, -0.2) is 17.0 Å². The van der Waals surface area contributed by atoms with Crippen molar-refractivity contribution < 1.29 is 14.7 Å². The summed E-state index contributed by atoms with van der Waals surface area (Å²) in [5.74, 6) is -1.34.